The van der Waals surface area contributed by atoms with Crippen molar-refractivity contribution in [3.63, 3.8) is 0 Å². The minimum absolute atomic E-state index is 0.118. The normalized spacial score (nSPS) is 10.3. The first-order chi connectivity index (χ1) is 9.61. The van der Waals surface area contributed by atoms with Crippen LogP contribution in [0.4, 0.5) is 0 Å². The van der Waals surface area contributed by atoms with Gasteiger partial charge in [0.1, 0.15) is 12.4 Å². The third-order valence-corrected chi connectivity index (χ3v) is 3.53. The maximum absolute atomic E-state index is 12.5. The fraction of sp³-hybridized carbons (Fsp3) is 0.133. The fourth-order valence-electron chi connectivity index (χ4n) is 1.71. The first kappa shape index (κ1) is 15.4. The number of carbonyl (C=O) groups excluding carboxylic acids is 1. The molecule has 0 spiro atoms. The molecular formula is C15H11BrCl2O2. The van der Waals surface area contributed by atoms with Crippen LogP contribution in [0.3, 0.4) is 0 Å². The van der Waals surface area contributed by atoms with Crippen LogP contribution in [0.15, 0.2) is 46.9 Å². The van der Waals surface area contributed by atoms with Crippen molar-refractivity contribution < 1.29 is 9.53 Å². The molecule has 0 N–H and O–H groups in total. The van der Waals surface area contributed by atoms with E-state index in [1.807, 2.05) is 6.07 Å². The molecule has 104 valence electrons. The molecule has 5 heteroatoms. The van der Waals surface area contributed by atoms with E-state index in [0.29, 0.717) is 34.4 Å². The Morgan fingerprint density at radius 1 is 1.15 bits per heavy atom. The highest BCUT2D eigenvalue weighted by Gasteiger charge is 2.15. The van der Waals surface area contributed by atoms with Crippen molar-refractivity contribution >= 4 is 44.9 Å². The second-order valence-corrected chi connectivity index (χ2v) is 5.74. The highest BCUT2D eigenvalue weighted by molar-refractivity contribution is 9.10. The van der Waals surface area contributed by atoms with E-state index < -0.39 is 0 Å². The molecule has 0 unspecified atom stereocenters. The number of halogens is 3. The minimum Gasteiger partial charge on any atom is -0.492 e. The average molecular weight is 374 g/mol. The quantitative estimate of drug-likeness (QED) is 0.547. The molecule has 0 bridgehead atoms. The van der Waals surface area contributed by atoms with Gasteiger partial charge in [0.05, 0.1) is 11.4 Å². The molecule has 0 atom stereocenters. The lowest BCUT2D eigenvalue weighted by Gasteiger charge is -2.10. The lowest BCUT2D eigenvalue weighted by atomic mass is 10.0. The summed E-state index contributed by atoms with van der Waals surface area (Å²) in [6.07, 6.45) is 0. The molecular weight excluding hydrogens is 363 g/mol. The van der Waals surface area contributed by atoms with E-state index in [-0.39, 0.29) is 5.78 Å². The standard InChI is InChI=1S/C15H11BrCl2O2/c16-11-3-6-14(20-8-7-17)13(9-11)15(19)10-1-4-12(18)5-2-10/h1-6,9H,7-8H2. The monoisotopic (exact) mass is 372 g/mol. The van der Waals surface area contributed by atoms with E-state index >= 15 is 0 Å². The van der Waals surface area contributed by atoms with Crippen molar-refractivity contribution in [2.24, 2.45) is 0 Å². The summed E-state index contributed by atoms with van der Waals surface area (Å²) >= 11 is 14.8. The molecule has 2 nitrogen and oxygen atoms in total. The Kier molecular flexibility index (Phi) is 5.46. The molecule has 0 aliphatic carbocycles. The summed E-state index contributed by atoms with van der Waals surface area (Å²) in [5.74, 6) is 0.770. The Labute approximate surface area is 135 Å². The van der Waals surface area contributed by atoms with Crippen LogP contribution in [-0.2, 0) is 0 Å². The van der Waals surface area contributed by atoms with Crippen LogP contribution in [0, 0.1) is 0 Å². The lowest BCUT2D eigenvalue weighted by molar-refractivity contribution is 0.103. The largest absolute Gasteiger partial charge is 0.492 e. The van der Waals surface area contributed by atoms with Gasteiger partial charge in [-0.3, -0.25) is 4.79 Å². The van der Waals surface area contributed by atoms with Gasteiger partial charge < -0.3 is 4.74 Å². The van der Waals surface area contributed by atoms with Crippen molar-refractivity contribution in [3.05, 3.63) is 63.1 Å². The van der Waals surface area contributed by atoms with Crippen molar-refractivity contribution in [2.45, 2.75) is 0 Å². The number of rotatable bonds is 5. The van der Waals surface area contributed by atoms with Gasteiger partial charge in [0.25, 0.3) is 0 Å². The Morgan fingerprint density at radius 2 is 1.85 bits per heavy atom. The highest BCUT2D eigenvalue weighted by Crippen LogP contribution is 2.26. The predicted octanol–water partition coefficient (Wildman–Crippen LogP) is 4.95. The Bertz CT molecular complexity index is 612. The van der Waals surface area contributed by atoms with Crippen molar-refractivity contribution in [1.29, 1.82) is 0 Å². The van der Waals surface area contributed by atoms with E-state index in [0.717, 1.165) is 4.47 Å². The SMILES string of the molecule is O=C(c1ccc(Cl)cc1)c1cc(Br)ccc1OCCCl. The van der Waals surface area contributed by atoms with Gasteiger partial charge in [0, 0.05) is 15.1 Å². The number of hydrogen-bond acceptors (Lipinski definition) is 2. The van der Waals surface area contributed by atoms with Crippen molar-refractivity contribution in [3.8, 4) is 5.75 Å². The molecule has 0 amide bonds. The summed E-state index contributed by atoms with van der Waals surface area (Å²) < 4.78 is 6.32. The minimum atomic E-state index is -0.118. The van der Waals surface area contributed by atoms with Gasteiger partial charge in [-0.2, -0.15) is 0 Å². The van der Waals surface area contributed by atoms with Crippen molar-refractivity contribution in [1.82, 2.24) is 0 Å². The van der Waals surface area contributed by atoms with Gasteiger partial charge in [-0.05, 0) is 42.5 Å². The molecule has 20 heavy (non-hydrogen) atoms. The molecule has 2 aromatic carbocycles. The number of carbonyl (C=O) groups is 1. The highest BCUT2D eigenvalue weighted by atomic mass is 79.9. The molecule has 0 heterocycles. The lowest BCUT2D eigenvalue weighted by Crippen LogP contribution is -2.07. The van der Waals surface area contributed by atoms with E-state index in [1.165, 1.54) is 0 Å². The summed E-state index contributed by atoms with van der Waals surface area (Å²) in [7, 11) is 0. The second-order valence-electron chi connectivity index (χ2n) is 4.01. The summed E-state index contributed by atoms with van der Waals surface area (Å²) in [5, 5.41) is 0.592. The van der Waals surface area contributed by atoms with Crippen LogP contribution >= 0.6 is 39.1 Å². The maximum Gasteiger partial charge on any atom is 0.196 e. The van der Waals surface area contributed by atoms with Crippen LogP contribution in [0.1, 0.15) is 15.9 Å². The Balaban J connectivity index is 2.37. The molecule has 0 radical (unpaired) electrons. The first-order valence-electron chi connectivity index (χ1n) is 5.90. The maximum atomic E-state index is 12.5. The average Bonchev–Trinajstić information content (AvgIpc) is 2.46. The number of ketones is 1. The number of hydrogen-bond donors (Lipinski definition) is 0. The molecule has 0 aliphatic heterocycles. The molecule has 0 aliphatic rings. The third-order valence-electron chi connectivity index (χ3n) is 2.63. The summed E-state index contributed by atoms with van der Waals surface area (Å²) in [4.78, 5) is 12.5. The molecule has 2 aromatic rings. The van der Waals surface area contributed by atoms with Crippen molar-refractivity contribution in [2.75, 3.05) is 12.5 Å². The van der Waals surface area contributed by atoms with Gasteiger partial charge >= 0.3 is 0 Å². The molecule has 0 fully saturated rings. The second kappa shape index (κ2) is 7.11. The van der Waals surface area contributed by atoms with Crippen LogP contribution in [0.5, 0.6) is 5.75 Å². The predicted molar refractivity (Wildman–Crippen MR) is 85.2 cm³/mol. The Hall–Kier alpha value is -1.03. The molecule has 0 saturated heterocycles. The molecule has 0 aromatic heterocycles. The first-order valence-corrected chi connectivity index (χ1v) is 7.61. The number of benzene rings is 2. The van der Waals surface area contributed by atoms with E-state index in [4.69, 9.17) is 27.9 Å². The van der Waals surface area contributed by atoms with Crippen LogP contribution in [0.2, 0.25) is 5.02 Å². The summed E-state index contributed by atoms with van der Waals surface area (Å²) in [6.45, 7) is 0.351. The zero-order valence-electron chi connectivity index (χ0n) is 10.4. The van der Waals surface area contributed by atoms with Crippen LogP contribution in [0.25, 0.3) is 0 Å². The van der Waals surface area contributed by atoms with E-state index in [2.05, 4.69) is 15.9 Å². The fourth-order valence-corrected chi connectivity index (χ4v) is 2.28. The Morgan fingerprint density at radius 3 is 2.50 bits per heavy atom. The topological polar surface area (TPSA) is 26.3 Å². The van der Waals surface area contributed by atoms with E-state index in [1.54, 1.807) is 36.4 Å². The number of alkyl halides is 1. The van der Waals surface area contributed by atoms with Crippen LogP contribution < -0.4 is 4.74 Å². The summed E-state index contributed by atoms with van der Waals surface area (Å²) in [6, 6.07) is 12.1. The summed E-state index contributed by atoms with van der Waals surface area (Å²) in [5.41, 5.74) is 1.05. The van der Waals surface area contributed by atoms with Gasteiger partial charge in [0.15, 0.2) is 5.78 Å². The van der Waals surface area contributed by atoms with Gasteiger partial charge in [0.2, 0.25) is 0 Å². The van der Waals surface area contributed by atoms with E-state index in [9.17, 15) is 4.79 Å². The van der Waals surface area contributed by atoms with Crippen LogP contribution in [-0.4, -0.2) is 18.3 Å². The zero-order valence-corrected chi connectivity index (χ0v) is 13.5. The number of ether oxygens (including phenoxy) is 1. The van der Waals surface area contributed by atoms with Gasteiger partial charge in [-0.15, -0.1) is 11.6 Å². The molecule has 0 saturated carbocycles. The zero-order chi connectivity index (χ0) is 14.5. The van der Waals surface area contributed by atoms with Gasteiger partial charge in [-0.1, -0.05) is 27.5 Å². The smallest absolute Gasteiger partial charge is 0.196 e. The van der Waals surface area contributed by atoms with Gasteiger partial charge in [-0.25, -0.2) is 0 Å². The molecule has 2 rings (SSSR count). The third kappa shape index (κ3) is 3.75.